The van der Waals surface area contributed by atoms with Crippen molar-refractivity contribution >= 4 is 34.3 Å². The molecule has 0 atom stereocenters. The second kappa shape index (κ2) is 9.57. The van der Waals surface area contributed by atoms with Crippen molar-refractivity contribution in [1.29, 1.82) is 0 Å². The topological polar surface area (TPSA) is 107 Å². The lowest BCUT2D eigenvalue weighted by atomic mass is 10.1. The van der Waals surface area contributed by atoms with E-state index in [1.54, 1.807) is 4.90 Å². The summed E-state index contributed by atoms with van der Waals surface area (Å²) in [4.78, 5) is 34.7. The van der Waals surface area contributed by atoms with Crippen LogP contribution in [-0.4, -0.2) is 58.4 Å². The van der Waals surface area contributed by atoms with Crippen molar-refractivity contribution in [2.24, 2.45) is 0 Å². The first-order valence-corrected chi connectivity index (χ1v) is 10.8. The Morgan fingerprint density at radius 1 is 1.15 bits per heavy atom. The number of fused-ring (bicyclic) bond motifs is 1. The number of benzene rings is 2. The number of imidazole rings is 1. The molecule has 0 bridgehead atoms. The predicted octanol–water partition coefficient (Wildman–Crippen LogP) is 4.03. The van der Waals surface area contributed by atoms with E-state index in [9.17, 15) is 28.1 Å². The highest BCUT2D eigenvalue weighted by Crippen LogP contribution is 2.35. The summed E-state index contributed by atoms with van der Waals surface area (Å²) in [6.45, 7) is 2.46. The van der Waals surface area contributed by atoms with Crippen LogP contribution in [0, 0.1) is 10.1 Å². The Hall–Kier alpha value is -3.83. The number of carbonyl (C=O) groups is 1. The summed E-state index contributed by atoms with van der Waals surface area (Å²) < 4.78 is 38.5. The number of para-hydroxylation sites is 2. The van der Waals surface area contributed by atoms with Gasteiger partial charge in [0.15, 0.2) is 0 Å². The number of alkyl halides is 3. The molecule has 0 saturated carbocycles. The maximum Gasteiger partial charge on any atom is 0.416 e. The number of anilines is 2. The molecule has 12 heteroatoms. The van der Waals surface area contributed by atoms with Crippen LogP contribution in [0.5, 0.6) is 0 Å². The second-order valence-corrected chi connectivity index (χ2v) is 7.96. The molecule has 2 heterocycles. The van der Waals surface area contributed by atoms with E-state index in [4.69, 9.17) is 0 Å². The van der Waals surface area contributed by atoms with Crippen LogP contribution in [-0.2, 0) is 11.0 Å². The van der Waals surface area contributed by atoms with Gasteiger partial charge in [-0.3, -0.25) is 14.9 Å². The van der Waals surface area contributed by atoms with E-state index < -0.39 is 22.4 Å². The lowest BCUT2D eigenvalue weighted by Gasteiger charge is -2.22. The Morgan fingerprint density at radius 2 is 1.94 bits per heavy atom. The third kappa shape index (κ3) is 5.21. The summed E-state index contributed by atoms with van der Waals surface area (Å²) in [6.07, 6.45) is -3.87. The zero-order valence-corrected chi connectivity index (χ0v) is 18.1. The Kier molecular flexibility index (Phi) is 6.57. The minimum atomic E-state index is -4.68. The number of hydrogen-bond donors (Lipinski definition) is 2. The molecular weight excluding hydrogens is 453 g/mol. The molecule has 3 aromatic rings. The molecule has 34 heavy (non-hydrogen) atoms. The van der Waals surface area contributed by atoms with Crippen molar-refractivity contribution in [3.8, 4) is 0 Å². The van der Waals surface area contributed by atoms with E-state index in [1.165, 1.54) is 0 Å². The molecule has 1 amide bonds. The number of H-pyrrole nitrogens is 1. The summed E-state index contributed by atoms with van der Waals surface area (Å²) in [5.41, 5.74) is -0.0214. The van der Waals surface area contributed by atoms with Crippen molar-refractivity contribution in [1.82, 2.24) is 14.9 Å². The highest BCUT2D eigenvalue weighted by atomic mass is 19.4. The number of nitro groups is 1. The number of rotatable bonds is 6. The molecule has 180 valence electrons. The minimum absolute atomic E-state index is 0.0577. The summed E-state index contributed by atoms with van der Waals surface area (Å²) in [6, 6.07) is 10.0. The SMILES string of the molecule is O=C(CCNc1ccc(C(F)(F)F)cc1[N+](=O)[O-])N1CCCN(c2nc3ccccc3[nH]2)CC1. The maximum atomic E-state index is 12.8. The van der Waals surface area contributed by atoms with Gasteiger partial charge < -0.3 is 20.1 Å². The molecule has 4 rings (SSSR count). The average molecular weight is 476 g/mol. The number of amides is 1. The van der Waals surface area contributed by atoms with Gasteiger partial charge in [0.2, 0.25) is 11.9 Å². The van der Waals surface area contributed by atoms with Crippen LogP contribution in [0.2, 0.25) is 0 Å². The van der Waals surface area contributed by atoms with Gasteiger partial charge in [0.1, 0.15) is 5.69 Å². The first kappa shape index (κ1) is 23.3. The highest BCUT2D eigenvalue weighted by Gasteiger charge is 2.33. The zero-order valence-electron chi connectivity index (χ0n) is 18.1. The second-order valence-electron chi connectivity index (χ2n) is 7.96. The number of aromatic amines is 1. The summed E-state index contributed by atoms with van der Waals surface area (Å²) in [5, 5.41) is 13.9. The van der Waals surface area contributed by atoms with E-state index in [0.29, 0.717) is 25.7 Å². The molecule has 2 aromatic carbocycles. The molecule has 1 fully saturated rings. The Labute approximate surface area is 192 Å². The number of carbonyl (C=O) groups excluding carboxylic acids is 1. The number of halogens is 3. The van der Waals surface area contributed by atoms with Crippen molar-refractivity contribution < 1.29 is 22.9 Å². The Balaban J connectivity index is 1.32. The molecule has 9 nitrogen and oxygen atoms in total. The van der Waals surface area contributed by atoms with Gasteiger partial charge in [-0.25, -0.2) is 4.98 Å². The van der Waals surface area contributed by atoms with Crippen LogP contribution in [0.15, 0.2) is 42.5 Å². The van der Waals surface area contributed by atoms with Gasteiger partial charge in [-0.1, -0.05) is 12.1 Å². The largest absolute Gasteiger partial charge is 0.416 e. The van der Waals surface area contributed by atoms with E-state index >= 15 is 0 Å². The summed E-state index contributed by atoms with van der Waals surface area (Å²) in [5.74, 6) is 0.625. The van der Waals surface area contributed by atoms with Crippen LogP contribution in [0.4, 0.5) is 30.5 Å². The van der Waals surface area contributed by atoms with Gasteiger partial charge in [-0.05, 0) is 30.7 Å². The fourth-order valence-electron chi connectivity index (χ4n) is 3.94. The molecule has 1 aliphatic rings. The molecule has 0 radical (unpaired) electrons. The van der Waals surface area contributed by atoms with Crippen LogP contribution in [0.1, 0.15) is 18.4 Å². The summed E-state index contributed by atoms with van der Waals surface area (Å²) in [7, 11) is 0. The number of nitro benzene ring substituents is 1. The fourth-order valence-corrected chi connectivity index (χ4v) is 3.94. The van der Waals surface area contributed by atoms with E-state index in [-0.39, 0.29) is 24.6 Å². The van der Waals surface area contributed by atoms with Gasteiger partial charge in [0.05, 0.1) is 21.5 Å². The van der Waals surface area contributed by atoms with Gasteiger partial charge in [-0.2, -0.15) is 13.2 Å². The van der Waals surface area contributed by atoms with Gasteiger partial charge in [0, 0.05) is 45.2 Å². The van der Waals surface area contributed by atoms with E-state index in [1.807, 2.05) is 24.3 Å². The van der Waals surface area contributed by atoms with E-state index in [0.717, 1.165) is 42.1 Å². The average Bonchev–Trinajstić information content (AvgIpc) is 3.07. The van der Waals surface area contributed by atoms with Crippen LogP contribution >= 0.6 is 0 Å². The summed E-state index contributed by atoms with van der Waals surface area (Å²) >= 11 is 0. The van der Waals surface area contributed by atoms with Crippen LogP contribution in [0.3, 0.4) is 0 Å². The van der Waals surface area contributed by atoms with Crippen molar-refractivity contribution in [3.05, 3.63) is 58.1 Å². The monoisotopic (exact) mass is 476 g/mol. The Morgan fingerprint density at radius 3 is 2.68 bits per heavy atom. The number of aromatic nitrogens is 2. The molecule has 1 saturated heterocycles. The fraction of sp³-hybridized carbons (Fsp3) is 0.364. The van der Waals surface area contributed by atoms with Crippen molar-refractivity contribution in [3.63, 3.8) is 0 Å². The molecule has 1 aromatic heterocycles. The van der Waals surface area contributed by atoms with Crippen LogP contribution < -0.4 is 10.2 Å². The highest BCUT2D eigenvalue weighted by molar-refractivity contribution is 5.78. The smallest absolute Gasteiger partial charge is 0.379 e. The zero-order chi connectivity index (χ0) is 24.3. The van der Waals surface area contributed by atoms with Crippen molar-refractivity contribution in [2.45, 2.75) is 19.0 Å². The lowest BCUT2D eigenvalue weighted by Crippen LogP contribution is -2.36. The number of nitrogens with zero attached hydrogens (tertiary/aromatic N) is 4. The van der Waals surface area contributed by atoms with Gasteiger partial charge >= 0.3 is 6.18 Å². The molecular formula is C22H23F3N6O3. The minimum Gasteiger partial charge on any atom is -0.379 e. The predicted molar refractivity (Wildman–Crippen MR) is 121 cm³/mol. The lowest BCUT2D eigenvalue weighted by molar-refractivity contribution is -0.384. The molecule has 0 unspecified atom stereocenters. The number of nitrogens with one attached hydrogen (secondary N) is 2. The first-order valence-electron chi connectivity index (χ1n) is 10.8. The van der Waals surface area contributed by atoms with Crippen LogP contribution in [0.25, 0.3) is 11.0 Å². The Bertz CT molecular complexity index is 1160. The first-order chi connectivity index (χ1) is 16.2. The standard InChI is InChI=1S/C22H23F3N6O3/c23-22(24,25)15-6-7-18(19(14-15)31(33)34)26-9-8-20(32)29-10-3-11-30(13-12-29)21-27-16-4-1-2-5-17(16)28-21/h1-2,4-7,14,26H,3,8-13H2,(H,27,28). The third-order valence-corrected chi connectivity index (χ3v) is 5.70. The number of hydrogen-bond acceptors (Lipinski definition) is 6. The molecule has 2 N–H and O–H groups in total. The maximum absolute atomic E-state index is 12.8. The quantitative estimate of drug-likeness (QED) is 0.411. The van der Waals surface area contributed by atoms with Gasteiger partial charge in [0.25, 0.3) is 5.69 Å². The van der Waals surface area contributed by atoms with Gasteiger partial charge in [-0.15, -0.1) is 0 Å². The molecule has 1 aliphatic heterocycles. The molecule has 0 spiro atoms. The molecule has 0 aliphatic carbocycles. The third-order valence-electron chi connectivity index (χ3n) is 5.70. The van der Waals surface area contributed by atoms with E-state index in [2.05, 4.69) is 20.2 Å². The van der Waals surface area contributed by atoms with Crippen molar-refractivity contribution in [2.75, 3.05) is 42.9 Å². The normalized spacial score (nSPS) is 14.8.